The summed E-state index contributed by atoms with van der Waals surface area (Å²) >= 11 is 1.21. The van der Waals surface area contributed by atoms with Crippen LogP contribution in [0, 0.1) is 0 Å². The van der Waals surface area contributed by atoms with Crippen LogP contribution in [0.2, 0.25) is 0 Å². The maximum Gasteiger partial charge on any atom is 0.409 e. The van der Waals surface area contributed by atoms with Gasteiger partial charge in [-0.15, -0.1) is 0 Å². The zero-order valence-electron chi connectivity index (χ0n) is 25.4. The predicted molar refractivity (Wildman–Crippen MR) is 185 cm³/mol. The van der Waals surface area contributed by atoms with Crippen LogP contribution in [0.4, 0.5) is 10.5 Å². The monoisotopic (exact) mass is 650 g/mol. The smallest absolute Gasteiger partial charge is 0.409 e. The molecule has 0 aliphatic heterocycles. The number of phenols is 1. The SMILES string of the molecule is O=C(O)Nc1cc(CCCCn2c(=O)sc3cc(CNCC(O)c4ccc(O)c5[nH]c(=O)ccc45)ccc32)ccc1-c1ccccc1. The third kappa shape index (κ3) is 7.28. The van der Waals surface area contributed by atoms with Gasteiger partial charge in [-0.1, -0.05) is 65.9 Å². The zero-order chi connectivity index (χ0) is 32.9. The Labute approximate surface area is 273 Å². The summed E-state index contributed by atoms with van der Waals surface area (Å²) in [5, 5.41) is 36.7. The maximum absolute atomic E-state index is 12.9. The first-order chi connectivity index (χ1) is 22.8. The minimum atomic E-state index is -1.11. The van der Waals surface area contributed by atoms with E-state index in [0.717, 1.165) is 51.7 Å². The van der Waals surface area contributed by atoms with Crippen molar-refractivity contribution in [3.8, 4) is 16.9 Å². The van der Waals surface area contributed by atoms with Crippen LogP contribution in [0.5, 0.6) is 5.75 Å². The van der Waals surface area contributed by atoms with Crippen molar-refractivity contribution in [1.82, 2.24) is 14.9 Å². The second-order valence-corrected chi connectivity index (χ2v) is 12.4. The molecule has 1 amide bonds. The van der Waals surface area contributed by atoms with Crippen LogP contribution in [0.1, 0.15) is 35.6 Å². The Morgan fingerprint density at radius 1 is 0.915 bits per heavy atom. The number of pyridine rings is 1. The number of aliphatic hydroxyl groups is 1. The third-order valence-corrected chi connectivity index (χ3v) is 9.11. The fraction of sp³-hybridized carbons (Fsp3) is 0.194. The lowest BCUT2D eigenvalue weighted by molar-refractivity contribution is 0.176. The highest BCUT2D eigenvalue weighted by atomic mass is 32.1. The summed E-state index contributed by atoms with van der Waals surface area (Å²) in [6.07, 6.45) is 0.389. The molecular weight excluding hydrogens is 616 g/mol. The average molecular weight is 651 g/mol. The Morgan fingerprint density at radius 3 is 2.53 bits per heavy atom. The Hall–Kier alpha value is -5.23. The second kappa shape index (κ2) is 14.0. The molecule has 0 bridgehead atoms. The molecule has 6 rings (SSSR count). The lowest BCUT2D eigenvalue weighted by Gasteiger charge is -2.15. The number of carboxylic acid groups (broad SMARTS) is 1. The minimum Gasteiger partial charge on any atom is -0.506 e. The second-order valence-electron chi connectivity index (χ2n) is 11.4. The number of amides is 1. The van der Waals surface area contributed by atoms with Gasteiger partial charge in [0.2, 0.25) is 5.56 Å². The first-order valence-corrected chi connectivity index (χ1v) is 16.1. The van der Waals surface area contributed by atoms with Gasteiger partial charge in [0.25, 0.3) is 0 Å². The molecule has 47 heavy (non-hydrogen) atoms. The molecule has 2 aromatic heterocycles. The highest BCUT2D eigenvalue weighted by Gasteiger charge is 2.15. The third-order valence-electron chi connectivity index (χ3n) is 8.17. The highest BCUT2D eigenvalue weighted by Crippen LogP contribution is 2.30. The summed E-state index contributed by atoms with van der Waals surface area (Å²) in [6, 6.07) is 27.5. The minimum absolute atomic E-state index is 0.0158. The van der Waals surface area contributed by atoms with E-state index in [1.807, 2.05) is 66.7 Å². The van der Waals surface area contributed by atoms with Gasteiger partial charge in [-0.25, -0.2) is 4.79 Å². The molecule has 240 valence electrons. The van der Waals surface area contributed by atoms with Crippen LogP contribution in [-0.4, -0.2) is 37.5 Å². The molecule has 1 unspecified atom stereocenters. The van der Waals surface area contributed by atoms with Crippen LogP contribution in [-0.2, 0) is 19.5 Å². The quantitative estimate of drug-likeness (QED) is 0.0860. The van der Waals surface area contributed by atoms with E-state index in [4.69, 9.17) is 0 Å². The summed E-state index contributed by atoms with van der Waals surface area (Å²) in [5.74, 6) is -0.0567. The van der Waals surface area contributed by atoms with Crippen molar-refractivity contribution in [3.63, 3.8) is 0 Å². The summed E-state index contributed by atoms with van der Waals surface area (Å²) in [4.78, 5) is 38.6. The number of thiazole rings is 1. The zero-order valence-corrected chi connectivity index (χ0v) is 26.2. The number of aromatic amines is 1. The van der Waals surface area contributed by atoms with Crippen molar-refractivity contribution in [2.45, 2.75) is 38.5 Å². The number of aliphatic hydroxyl groups excluding tert-OH is 1. The lowest BCUT2D eigenvalue weighted by Crippen LogP contribution is -2.21. The largest absolute Gasteiger partial charge is 0.506 e. The number of fused-ring (bicyclic) bond motifs is 2. The fourth-order valence-corrected chi connectivity index (χ4v) is 6.86. The van der Waals surface area contributed by atoms with E-state index >= 15 is 0 Å². The normalized spacial score (nSPS) is 12.0. The van der Waals surface area contributed by atoms with Crippen molar-refractivity contribution in [2.75, 3.05) is 11.9 Å². The molecule has 11 heteroatoms. The van der Waals surface area contributed by atoms with Crippen molar-refractivity contribution in [1.29, 1.82) is 0 Å². The number of H-pyrrole nitrogens is 1. The van der Waals surface area contributed by atoms with Gasteiger partial charge in [0.05, 0.1) is 27.5 Å². The van der Waals surface area contributed by atoms with E-state index in [1.54, 1.807) is 16.7 Å². The van der Waals surface area contributed by atoms with E-state index in [0.29, 0.717) is 35.2 Å². The van der Waals surface area contributed by atoms with Crippen molar-refractivity contribution in [2.24, 2.45) is 0 Å². The van der Waals surface area contributed by atoms with E-state index < -0.39 is 12.2 Å². The number of benzene rings is 4. The van der Waals surface area contributed by atoms with Crippen molar-refractivity contribution >= 4 is 44.2 Å². The fourth-order valence-electron chi connectivity index (χ4n) is 5.88. The van der Waals surface area contributed by atoms with Crippen LogP contribution in [0.15, 0.2) is 101 Å². The number of hydrogen-bond donors (Lipinski definition) is 6. The molecule has 0 aliphatic rings. The topological polar surface area (TPSA) is 157 Å². The number of aryl methyl sites for hydroxylation is 2. The van der Waals surface area contributed by atoms with Crippen LogP contribution in [0.3, 0.4) is 0 Å². The predicted octanol–water partition coefficient (Wildman–Crippen LogP) is 6.21. The lowest BCUT2D eigenvalue weighted by atomic mass is 9.99. The number of carbonyl (C=O) groups is 1. The number of aromatic nitrogens is 2. The van der Waals surface area contributed by atoms with E-state index in [9.17, 15) is 29.7 Å². The first-order valence-electron chi connectivity index (χ1n) is 15.3. The average Bonchev–Trinajstić information content (AvgIpc) is 3.37. The van der Waals surface area contributed by atoms with E-state index in [-0.39, 0.29) is 22.7 Å². The Bertz CT molecular complexity index is 2170. The number of anilines is 1. The molecule has 4 aromatic carbocycles. The van der Waals surface area contributed by atoms with Crippen molar-refractivity contribution in [3.05, 3.63) is 128 Å². The molecular formula is C36H34N4O6S. The standard InChI is InChI=1S/C36H34N4O6S/c41-30-15-12-26(27-13-16-33(43)39-34(27)30)31(42)21-37-20-23-10-14-29-32(19-23)47-36(46)40(29)17-5-4-6-22-9-11-25(24-7-2-1-3-8-24)28(18-22)38-35(44)45/h1-3,7-16,18-19,31,37-38,41-42H,4-6,17,20-21H2,(H,39,43)(H,44,45). The molecule has 6 N–H and O–H groups in total. The van der Waals surface area contributed by atoms with Gasteiger partial charge in [-0.2, -0.15) is 0 Å². The highest BCUT2D eigenvalue weighted by molar-refractivity contribution is 7.16. The number of hydrogen-bond acceptors (Lipinski definition) is 7. The molecule has 1 atom stereocenters. The number of unbranched alkanes of at least 4 members (excludes halogenated alkanes) is 1. The summed E-state index contributed by atoms with van der Waals surface area (Å²) in [6.45, 7) is 1.31. The molecule has 10 nitrogen and oxygen atoms in total. The number of nitrogens with zero attached hydrogens (tertiary/aromatic N) is 1. The number of nitrogens with one attached hydrogen (secondary N) is 3. The summed E-state index contributed by atoms with van der Waals surface area (Å²) < 4.78 is 2.70. The van der Waals surface area contributed by atoms with Gasteiger partial charge in [-0.3, -0.25) is 19.5 Å². The number of aromatic hydroxyl groups is 1. The van der Waals surface area contributed by atoms with Gasteiger partial charge in [-0.05, 0) is 71.8 Å². The molecule has 0 radical (unpaired) electrons. The first kappa shape index (κ1) is 31.7. The van der Waals surface area contributed by atoms with Crippen LogP contribution >= 0.6 is 11.3 Å². The summed E-state index contributed by atoms with van der Waals surface area (Å²) in [5.41, 5.74) is 5.73. The van der Waals surface area contributed by atoms with Crippen molar-refractivity contribution < 1.29 is 20.1 Å². The maximum atomic E-state index is 12.9. The van der Waals surface area contributed by atoms with Gasteiger partial charge in [0.1, 0.15) is 5.75 Å². The van der Waals surface area contributed by atoms with Gasteiger partial charge < -0.3 is 25.6 Å². The number of phenolic OH excluding ortho intramolecular Hbond substituents is 1. The molecule has 0 aliphatic carbocycles. The van der Waals surface area contributed by atoms with Gasteiger partial charge in [0, 0.05) is 36.7 Å². The molecule has 0 fully saturated rings. The van der Waals surface area contributed by atoms with E-state index in [1.165, 1.54) is 23.5 Å². The Morgan fingerprint density at radius 2 is 1.72 bits per heavy atom. The Kier molecular flexibility index (Phi) is 9.48. The number of rotatable bonds is 12. The van der Waals surface area contributed by atoms with Gasteiger partial charge >= 0.3 is 11.0 Å². The summed E-state index contributed by atoms with van der Waals surface area (Å²) in [7, 11) is 0. The Balaban J connectivity index is 1.05. The molecule has 0 saturated carbocycles. The van der Waals surface area contributed by atoms with Crippen LogP contribution in [0.25, 0.3) is 32.2 Å². The molecule has 0 saturated heterocycles. The van der Waals surface area contributed by atoms with E-state index in [2.05, 4.69) is 15.6 Å². The molecule has 0 spiro atoms. The molecule has 6 aromatic rings. The molecule has 2 heterocycles. The van der Waals surface area contributed by atoms with Gasteiger partial charge in [0.15, 0.2) is 0 Å². The van der Waals surface area contributed by atoms with Crippen LogP contribution < -0.4 is 21.1 Å².